The van der Waals surface area contributed by atoms with Crippen molar-refractivity contribution >= 4 is 27.1 Å². The van der Waals surface area contributed by atoms with Gasteiger partial charge in [0.05, 0.1) is 18.1 Å². The molecule has 0 atom stereocenters. The van der Waals surface area contributed by atoms with E-state index in [9.17, 15) is 13.2 Å². The molecule has 4 heterocycles. The molecular formula is C22H26N8O3S. The average Bonchev–Trinajstić information content (AvgIpc) is 3.36. The summed E-state index contributed by atoms with van der Waals surface area (Å²) in [5, 5.41) is 7.29. The van der Waals surface area contributed by atoms with Gasteiger partial charge in [-0.15, -0.1) is 0 Å². The van der Waals surface area contributed by atoms with Crippen LogP contribution in [0.1, 0.15) is 18.4 Å². The molecule has 1 fully saturated rings. The molecule has 1 saturated heterocycles. The van der Waals surface area contributed by atoms with Gasteiger partial charge in [-0.2, -0.15) is 14.4 Å². The van der Waals surface area contributed by atoms with Crippen LogP contribution in [0.5, 0.6) is 0 Å². The summed E-state index contributed by atoms with van der Waals surface area (Å²) in [5.74, 6) is 0.410. The molecule has 5 rings (SSSR count). The lowest BCUT2D eigenvalue weighted by Gasteiger charge is -2.31. The van der Waals surface area contributed by atoms with Gasteiger partial charge < -0.3 is 5.32 Å². The normalized spacial score (nSPS) is 15.7. The van der Waals surface area contributed by atoms with E-state index in [1.807, 2.05) is 31.2 Å². The summed E-state index contributed by atoms with van der Waals surface area (Å²) in [5.41, 5.74) is 2.75. The Bertz CT molecular complexity index is 1530. The van der Waals surface area contributed by atoms with Crippen LogP contribution < -0.4 is 11.0 Å². The van der Waals surface area contributed by atoms with Crippen LogP contribution >= 0.6 is 0 Å². The predicted octanol–water partition coefficient (Wildman–Crippen LogP) is 1.43. The van der Waals surface area contributed by atoms with Gasteiger partial charge in [0.1, 0.15) is 10.4 Å². The van der Waals surface area contributed by atoms with E-state index in [1.54, 1.807) is 24.9 Å². The number of nitrogens with zero attached hydrogens (tertiary/aromatic N) is 7. The van der Waals surface area contributed by atoms with Crippen LogP contribution in [0, 0.1) is 6.92 Å². The van der Waals surface area contributed by atoms with Crippen molar-refractivity contribution in [1.29, 1.82) is 0 Å². The quantitative estimate of drug-likeness (QED) is 0.457. The number of piperidine rings is 1. The molecule has 1 aliphatic rings. The Balaban J connectivity index is 1.36. The Kier molecular flexibility index (Phi) is 5.48. The minimum atomic E-state index is -3.56. The third-order valence-corrected chi connectivity index (χ3v) is 8.02. The van der Waals surface area contributed by atoms with Crippen molar-refractivity contribution in [3.8, 4) is 5.69 Å². The van der Waals surface area contributed by atoms with Crippen molar-refractivity contribution in [3.63, 3.8) is 0 Å². The second-order valence-electron chi connectivity index (χ2n) is 8.59. The smallest absolute Gasteiger partial charge is 0.334 e. The molecule has 3 aromatic heterocycles. The summed E-state index contributed by atoms with van der Waals surface area (Å²) in [4.78, 5) is 22.2. The number of benzene rings is 1. The summed E-state index contributed by atoms with van der Waals surface area (Å²) < 4.78 is 31.7. The zero-order valence-electron chi connectivity index (χ0n) is 19.2. The number of hydrogen-bond acceptors (Lipinski definition) is 7. The summed E-state index contributed by atoms with van der Waals surface area (Å²) >= 11 is 0. The fraction of sp³-hybridized carbons (Fsp3) is 0.364. The SMILES string of the molecule is Cc1cccc(-n2c(=O)n(C)c3cnc(NC4CCN(S(=O)(=O)c5cnn(C)c5)CC4)nc32)c1. The Morgan fingerprint density at radius 2 is 1.88 bits per heavy atom. The van der Waals surface area contributed by atoms with Gasteiger partial charge in [0.15, 0.2) is 5.65 Å². The lowest BCUT2D eigenvalue weighted by molar-refractivity contribution is 0.329. The third kappa shape index (κ3) is 3.88. The van der Waals surface area contributed by atoms with E-state index < -0.39 is 10.0 Å². The van der Waals surface area contributed by atoms with E-state index in [-0.39, 0.29) is 16.6 Å². The number of fused-ring (bicyclic) bond motifs is 1. The van der Waals surface area contributed by atoms with Crippen molar-refractivity contribution < 1.29 is 8.42 Å². The van der Waals surface area contributed by atoms with Gasteiger partial charge in [0.25, 0.3) is 0 Å². The van der Waals surface area contributed by atoms with Crippen molar-refractivity contribution in [1.82, 2.24) is 33.2 Å². The van der Waals surface area contributed by atoms with Gasteiger partial charge in [-0.25, -0.2) is 22.8 Å². The molecule has 0 radical (unpaired) electrons. The molecule has 0 spiro atoms. The summed E-state index contributed by atoms with van der Waals surface area (Å²) in [6, 6.07) is 7.71. The molecule has 11 nitrogen and oxygen atoms in total. The van der Waals surface area contributed by atoms with Crippen LogP contribution in [0.3, 0.4) is 0 Å². The lowest BCUT2D eigenvalue weighted by Crippen LogP contribution is -2.42. The Morgan fingerprint density at radius 3 is 2.56 bits per heavy atom. The van der Waals surface area contributed by atoms with E-state index >= 15 is 0 Å². The lowest BCUT2D eigenvalue weighted by atomic mass is 10.1. The van der Waals surface area contributed by atoms with Crippen LogP contribution in [0.15, 0.2) is 52.5 Å². The molecule has 0 aliphatic carbocycles. The number of anilines is 1. The van der Waals surface area contributed by atoms with E-state index in [2.05, 4.69) is 20.4 Å². The molecule has 4 aromatic rings. The fourth-order valence-electron chi connectivity index (χ4n) is 4.28. The predicted molar refractivity (Wildman–Crippen MR) is 127 cm³/mol. The highest BCUT2D eigenvalue weighted by atomic mass is 32.2. The van der Waals surface area contributed by atoms with Gasteiger partial charge in [0, 0.05) is 39.4 Å². The monoisotopic (exact) mass is 482 g/mol. The maximum Gasteiger partial charge on any atom is 0.334 e. The van der Waals surface area contributed by atoms with E-state index in [0.717, 1.165) is 11.3 Å². The largest absolute Gasteiger partial charge is 0.351 e. The number of sulfonamides is 1. The molecular weight excluding hydrogens is 456 g/mol. The summed E-state index contributed by atoms with van der Waals surface area (Å²) in [6.45, 7) is 2.75. The molecule has 12 heteroatoms. The van der Waals surface area contributed by atoms with Crippen LogP contribution in [-0.4, -0.2) is 60.7 Å². The average molecular weight is 483 g/mol. The minimum absolute atomic E-state index is 0.0145. The van der Waals surface area contributed by atoms with Crippen LogP contribution in [0.25, 0.3) is 16.9 Å². The molecule has 1 N–H and O–H groups in total. The van der Waals surface area contributed by atoms with Crippen molar-refractivity contribution in [2.45, 2.75) is 30.7 Å². The molecule has 1 aliphatic heterocycles. The first-order valence-electron chi connectivity index (χ1n) is 11.0. The highest BCUT2D eigenvalue weighted by Crippen LogP contribution is 2.23. The van der Waals surface area contributed by atoms with Gasteiger partial charge in [0.2, 0.25) is 16.0 Å². The number of aryl methyl sites for hydroxylation is 3. The van der Waals surface area contributed by atoms with Gasteiger partial charge >= 0.3 is 5.69 Å². The molecule has 178 valence electrons. The molecule has 1 aromatic carbocycles. The fourth-order valence-corrected chi connectivity index (χ4v) is 5.74. The standard InChI is InChI=1S/C22H26N8O3S/c1-15-5-4-6-17(11-15)30-20-19(28(3)22(30)31)13-23-21(26-20)25-16-7-9-29(10-8-16)34(32,33)18-12-24-27(2)14-18/h4-6,11-14,16H,7-10H2,1-3H3,(H,23,25,26). The maximum atomic E-state index is 12.9. The maximum absolute atomic E-state index is 12.9. The summed E-state index contributed by atoms with van der Waals surface area (Å²) in [7, 11) is -0.166. The van der Waals surface area contributed by atoms with Gasteiger partial charge in [-0.05, 0) is 37.5 Å². The third-order valence-electron chi connectivity index (χ3n) is 6.17. The Labute approximate surface area is 196 Å². The first kappa shape index (κ1) is 22.3. The molecule has 0 unspecified atom stereocenters. The topological polar surface area (TPSA) is 120 Å². The molecule has 0 saturated carbocycles. The summed E-state index contributed by atoms with van der Waals surface area (Å²) in [6.07, 6.45) is 5.74. The number of aromatic nitrogens is 6. The molecule has 34 heavy (non-hydrogen) atoms. The first-order chi connectivity index (χ1) is 16.2. The zero-order chi connectivity index (χ0) is 24.0. The van der Waals surface area contributed by atoms with Crippen molar-refractivity contribution in [3.05, 3.63) is 58.9 Å². The van der Waals surface area contributed by atoms with Crippen LogP contribution in [-0.2, 0) is 24.1 Å². The van der Waals surface area contributed by atoms with E-state index in [1.165, 1.54) is 25.9 Å². The second kappa shape index (κ2) is 8.37. The number of hydrogen-bond donors (Lipinski definition) is 1. The van der Waals surface area contributed by atoms with E-state index in [0.29, 0.717) is 43.0 Å². The second-order valence-corrected chi connectivity index (χ2v) is 10.5. The molecule has 0 amide bonds. The highest BCUT2D eigenvalue weighted by molar-refractivity contribution is 7.89. The zero-order valence-corrected chi connectivity index (χ0v) is 20.0. The molecule has 0 bridgehead atoms. The van der Waals surface area contributed by atoms with Crippen molar-refractivity contribution in [2.24, 2.45) is 14.1 Å². The van der Waals surface area contributed by atoms with E-state index in [4.69, 9.17) is 0 Å². The number of nitrogens with one attached hydrogen (secondary N) is 1. The van der Waals surface area contributed by atoms with Crippen LogP contribution in [0.2, 0.25) is 0 Å². The van der Waals surface area contributed by atoms with Crippen molar-refractivity contribution in [2.75, 3.05) is 18.4 Å². The van der Waals surface area contributed by atoms with Gasteiger partial charge in [-0.3, -0.25) is 9.25 Å². The highest BCUT2D eigenvalue weighted by Gasteiger charge is 2.30. The Morgan fingerprint density at radius 1 is 1.12 bits per heavy atom. The number of rotatable bonds is 5. The number of imidazole rings is 1. The Hall–Kier alpha value is -3.51. The van der Waals surface area contributed by atoms with Crippen LogP contribution in [0.4, 0.5) is 5.95 Å². The van der Waals surface area contributed by atoms with Gasteiger partial charge in [-0.1, -0.05) is 12.1 Å². The first-order valence-corrected chi connectivity index (χ1v) is 12.4. The minimum Gasteiger partial charge on any atom is -0.351 e.